The molecule has 5 nitrogen and oxygen atoms in total. The lowest BCUT2D eigenvalue weighted by Crippen LogP contribution is -2.39. The van der Waals surface area contributed by atoms with E-state index in [1.54, 1.807) is 6.92 Å². The van der Waals surface area contributed by atoms with E-state index < -0.39 is 0 Å². The van der Waals surface area contributed by atoms with Crippen LogP contribution in [0.2, 0.25) is 0 Å². The Labute approximate surface area is 77.4 Å². The van der Waals surface area contributed by atoms with Crippen LogP contribution in [0.4, 0.5) is 0 Å². The number of hydrogen-bond donors (Lipinski definition) is 3. The van der Waals surface area contributed by atoms with Crippen molar-refractivity contribution in [2.45, 2.75) is 6.92 Å². The summed E-state index contributed by atoms with van der Waals surface area (Å²) in [6.45, 7) is 5.71. The minimum absolute atomic E-state index is 0.0384. The van der Waals surface area contributed by atoms with Crippen LogP contribution in [0.1, 0.15) is 6.92 Å². The van der Waals surface area contributed by atoms with E-state index in [1.165, 1.54) is 0 Å². The summed E-state index contributed by atoms with van der Waals surface area (Å²) in [5, 5.41) is 4.92. The van der Waals surface area contributed by atoms with Gasteiger partial charge in [-0.1, -0.05) is 12.2 Å². The maximum atomic E-state index is 11.0. The zero-order valence-corrected chi connectivity index (χ0v) is 7.72. The number of nitrogens with two attached hydrogens (primary N) is 1. The summed E-state index contributed by atoms with van der Waals surface area (Å²) in [6, 6.07) is 0. The third-order valence-electron chi connectivity index (χ3n) is 1.22. The highest BCUT2D eigenvalue weighted by Gasteiger charge is 2.02. The summed E-state index contributed by atoms with van der Waals surface area (Å²) in [6.07, 6.45) is 0. The van der Waals surface area contributed by atoms with Crippen molar-refractivity contribution in [2.24, 2.45) is 5.73 Å². The number of carbonyl (C=O) groups is 2. The molecule has 0 saturated carbocycles. The van der Waals surface area contributed by atoms with Crippen LogP contribution in [-0.4, -0.2) is 31.4 Å². The van der Waals surface area contributed by atoms with E-state index in [1.807, 2.05) is 0 Å². The fourth-order valence-electron chi connectivity index (χ4n) is 0.563. The van der Waals surface area contributed by atoms with Crippen molar-refractivity contribution in [2.75, 3.05) is 19.6 Å². The fraction of sp³-hybridized carbons (Fsp3) is 0.500. The third kappa shape index (κ3) is 7.02. The molecule has 0 saturated heterocycles. The Morgan fingerprint density at radius 3 is 2.23 bits per heavy atom. The number of carbonyl (C=O) groups excluding carboxylic acids is 2. The van der Waals surface area contributed by atoms with Crippen LogP contribution in [-0.2, 0) is 9.59 Å². The molecule has 4 N–H and O–H groups in total. The molecule has 0 aromatic heterocycles. The number of nitrogens with one attached hydrogen (secondary N) is 2. The first kappa shape index (κ1) is 11.6. The van der Waals surface area contributed by atoms with Gasteiger partial charge >= 0.3 is 0 Å². The lowest BCUT2D eigenvalue weighted by Gasteiger charge is -2.05. The molecule has 0 rings (SSSR count). The minimum atomic E-state index is -0.342. The molecule has 2 amide bonds. The quantitative estimate of drug-likeness (QED) is 0.468. The van der Waals surface area contributed by atoms with Gasteiger partial charge in [-0.2, -0.15) is 0 Å². The largest absolute Gasteiger partial charge is 0.351 e. The Kier molecular flexibility index (Phi) is 5.54. The summed E-state index contributed by atoms with van der Waals surface area (Å²) in [5.74, 6) is -0.588. The molecule has 0 radical (unpaired) electrons. The van der Waals surface area contributed by atoms with Crippen LogP contribution in [0, 0.1) is 0 Å². The van der Waals surface area contributed by atoms with E-state index in [0.717, 1.165) is 5.57 Å². The van der Waals surface area contributed by atoms with Gasteiger partial charge in [0.1, 0.15) is 0 Å². The fourth-order valence-corrected chi connectivity index (χ4v) is 0.563. The summed E-state index contributed by atoms with van der Waals surface area (Å²) in [7, 11) is 0. The first-order valence-electron chi connectivity index (χ1n) is 3.94. The zero-order chi connectivity index (χ0) is 10.3. The Morgan fingerprint density at radius 1 is 1.23 bits per heavy atom. The van der Waals surface area contributed by atoms with Gasteiger partial charge in [0.2, 0.25) is 11.8 Å². The van der Waals surface area contributed by atoms with Gasteiger partial charge in [-0.05, 0) is 6.92 Å². The Bertz CT molecular complexity index is 213. The monoisotopic (exact) mass is 185 g/mol. The van der Waals surface area contributed by atoms with Gasteiger partial charge in [0.25, 0.3) is 0 Å². The van der Waals surface area contributed by atoms with Crippen molar-refractivity contribution in [1.29, 1.82) is 0 Å². The average molecular weight is 185 g/mol. The molecular weight excluding hydrogens is 170 g/mol. The second-order valence-corrected chi connectivity index (χ2v) is 2.71. The standard InChI is InChI=1S/C8H15N3O2/c1-6(2)4-10-8(13)5-11-7(12)3-9/h1,3-5,9H2,2H3,(H,10,13)(H,11,12). The van der Waals surface area contributed by atoms with Gasteiger partial charge in [-0.15, -0.1) is 0 Å². The van der Waals surface area contributed by atoms with Gasteiger partial charge in [0, 0.05) is 6.54 Å². The van der Waals surface area contributed by atoms with Crippen LogP contribution in [0.15, 0.2) is 12.2 Å². The summed E-state index contributed by atoms with van der Waals surface area (Å²) in [5.41, 5.74) is 5.88. The van der Waals surface area contributed by atoms with E-state index in [2.05, 4.69) is 17.2 Å². The maximum absolute atomic E-state index is 11.0. The Balaban J connectivity index is 3.52. The van der Waals surface area contributed by atoms with Gasteiger partial charge in [-0.25, -0.2) is 0 Å². The molecule has 0 bridgehead atoms. The van der Waals surface area contributed by atoms with Crippen LogP contribution < -0.4 is 16.4 Å². The molecule has 0 heterocycles. The number of hydrogen-bond acceptors (Lipinski definition) is 3. The average Bonchev–Trinajstić information content (AvgIpc) is 2.10. The van der Waals surface area contributed by atoms with E-state index in [4.69, 9.17) is 5.73 Å². The van der Waals surface area contributed by atoms with Crippen LogP contribution in [0.3, 0.4) is 0 Å². The molecule has 0 aliphatic carbocycles. The SMILES string of the molecule is C=C(C)CNC(=O)CNC(=O)CN. The van der Waals surface area contributed by atoms with Gasteiger partial charge in [-0.3, -0.25) is 9.59 Å². The van der Waals surface area contributed by atoms with E-state index >= 15 is 0 Å². The highest BCUT2D eigenvalue weighted by atomic mass is 16.2. The topological polar surface area (TPSA) is 84.2 Å². The summed E-state index contributed by atoms with van der Waals surface area (Å²) >= 11 is 0. The molecule has 0 aromatic carbocycles. The van der Waals surface area contributed by atoms with Gasteiger partial charge < -0.3 is 16.4 Å². The van der Waals surface area contributed by atoms with Crippen LogP contribution in [0.5, 0.6) is 0 Å². The Morgan fingerprint density at radius 2 is 1.77 bits per heavy atom. The lowest BCUT2D eigenvalue weighted by atomic mass is 10.3. The second kappa shape index (κ2) is 6.19. The molecule has 0 aromatic rings. The molecule has 0 spiro atoms. The zero-order valence-electron chi connectivity index (χ0n) is 7.72. The highest BCUT2D eigenvalue weighted by molar-refractivity contribution is 5.85. The predicted molar refractivity (Wildman–Crippen MR) is 49.9 cm³/mol. The normalized spacial score (nSPS) is 9.08. The van der Waals surface area contributed by atoms with Gasteiger partial charge in [0.05, 0.1) is 13.1 Å². The van der Waals surface area contributed by atoms with Crippen LogP contribution >= 0.6 is 0 Å². The molecule has 0 fully saturated rings. The van der Waals surface area contributed by atoms with Crippen molar-refractivity contribution in [3.8, 4) is 0 Å². The molecule has 13 heavy (non-hydrogen) atoms. The highest BCUT2D eigenvalue weighted by Crippen LogP contribution is 1.80. The molecule has 0 atom stereocenters. The molecule has 0 aliphatic rings. The second-order valence-electron chi connectivity index (χ2n) is 2.71. The van der Waals surface area contributed by atoms with E-state index in [0.29, 0.717) is 6.54 Å². The molecule has 74 valence electrons. The van der Waals surface area contributed by atoms with Gasteiger partial charge in [0.15, 0.2) is 0 Å². The van der Waals surface area contributed by atoms with Crippen molar-refractivity contribution in [3.05, 3.63) is 12.2 Å². The number of amides is 2. The molecule has 0 unspecified atom stereocenters. The lowest BCUT2D eigenvalue weighted by molar-refractivity contribution is -0.125. The number of rotatable bonds is 5. The predicted octanol–water partition coefficient (Wildman–Crippen LogP) is -1.25. The Hall–Kier alpha value is -1.36. The van der Waals surface area contributed by atoms with Crippen molar-refractivity contribution in [1.82, 2.24) is 10.6 Å². The third-order valence-corrected chi connectivity index (χ3v) is 1.22. The van der Waals surface area contributed by atoms with Crippen molar-refractivity contribution < 1.29 is 9.59 Å². The molecule has 0 aliphatic heterocycles. The minimum Gasteiger partial charge on any atom is -0.351 e. The molecule has 5 heteroatoms. The van der Waals surface area contributed by atoms with E-state index in [-0.39, 0.29) is 24.9 Å². The van der Waals surface area contributed by atoms with Crippen molar-refractivity contribution >= 4 is 11.8 Å². The summed E-state index contributed by atoms with van der Waals surface area (Å²) < 4.78 is 0. The smallest absolute Gasteiger partial charge is 0.239 e. The maximum Gasteiger partial charge on any atom is 0.239 e. The first-order valence-corrected chi connectivity index (χ1v) is 3.94. The van der Waals surface area contributed by atoms with Crippen LogP contribution in [0.25, 0.3) is 0 Å². The van der Waals surface area contributed by atoms with E-state index in [9.17, 15) is 9.59 Å². The van der Waals surface area contributed by atoms with Crippen molar-refractivity contribution in [3.63, 3.8) is 0 Å². The first-order chi connectivity index (χ1) is 6.06. The summed E-state index contributed by atoms with van der Waals surface area (Å²) in [4.78, 5) is 21.6. The molecular formula is C8H15N3O2.